The van der Waals surface area contributed by atoms with Crippen LogP contribution in [0.2, 0.25) is 0 Å². The highest BCUT2D eigenvalue weighted by atomic mass is 16.5. The molecule has 0 aliphatic rings. The number of anilines is 2. The van der Waals surface area contributed by atoms with Crippen LogP contribution >= 0.6 is 0 Å². The van der Waals surface area contributed by atoms with E-state index in [-0.39, 0.29) is 24.7 Å². The van der Waals surface area contributed by atoms with Crippen LogP contribution < -0.4 is 26.6 Å². The fraction of sp³-hybridized carbons (Fsp3) is 0.348. The number of benzene rings is 1. The number of unbranched alkanes of at least 4 members (excludes halogenated alkanes) is 1. The number of para-hydroxylation sites is 1. The lowest BCUT2D eigenvalue weighted by Crippen LogP contribution is -2.42. The van der Waals surface area contributed by atoms with Crippen molar-refractivity contribution in [3.05, 3.63) is 74.3 Å². The number of aryl methyl sites for hydroxylation is 2. The van der Waals surface area contributed by atoms with Gasteiger partial charge in [0.15, 0.2) is 12.3 Å². The fourth-order valence-electron chi connectivity index (χ4n) is 3.47. The Balaban J connectivity index is 1.99. The normalized spacial score (nSPS) is 10.8. The summed E-state index contributed by atoms with van der Waals surface area (Å²) in [4.78, 5) is 41.7. The molecule has 0 spiro atoms. The molecule has 2 aromatic heterocycles. The number of hydrogen-bond donors (Lipinski definition) is 2. The quantitative estimate of drug-likeness (QED) is 0.527. The summed E-state index contributed by atoms with van der Waals surface area (Å²) in [5.74, 6) is 0.491. The topological polar surface area (TPSA) is 124 Å². The van der Waals surface area contributed by atoms with Crippen LogP contribution in [-0.4, -0.2) is 22.1 Å². The second-order valence-electron chi connectivity index (χ2n) is 7.57. The minimum Gasteiger partial charge on any atom is -0.483 e. The van der Waals surface area contributed by atoms with Gasteiger partial charge in [-0.05, 0) is 43.5 Å². The number of furan rings is 1. The first-order chi connectivity index (χ1) is 15.3. The predicted molar refractivity (Wildman–Crippen MR) is 122 cm³/mol. The maximum absolute atomic E-state index is 13.2. The molecule has 0 unspecified atom stereocenters. The minimum atomic E-state index is -0.743. The first-order valence-corrected chi connectivity index (χ1v) is 10.5. The third kappa shape index (κ3) is 4.93. The Morgan fingerprint density at radius 3 is 2.53 bits per heavy atom. The molecule has 3 rings (SSSR count). The van der Waals surface area contributed by atoms with Gasteiger partial charge in [-0.3, -0.25) is 24.0 Å². The van der Waals surface area contributed by atoms with E-state index in [1.165, 1.54) is 15.7 Å². The fourth-order valence-corrected chi connectivity index (χ4v) is 3.47. The summed E-state index contributed by atoms with van der Waals surface area (Å²) < 4.78 is 12.5. The van der Waals surface area contributed by atoms with E-state index in [0.717, 1.165) is 17.5 Å². The molecule has 0 aliphatic heterocycles. The molecule has 0 aliphatic carbocycles. The Morgan fingerprint density at radius 1 is 1.19 bits per heavy atom. The molecule has 3 N–H and O–H groups in total. The van der Waals surface area contributed by atoms with Gasteiger partial charge in [-0.15, -0.1) is 0 Å². The molecule has 1 aromatic carbocycles. The number of nitrogens with one attached hydrogen (secondary N) is 1. The van der Waals surface area contributed by atoms with Crippen LogP contribution in [0.5, 0.6) is 5.75 Å². The summed E-state index contributed by atoms with van der Waals surface area (Å²) in [6.07, 6.45) is 3.00. The third-order valence-corrected chi connectivity index (χ3v) is 5.16. The Morgan fingerprint density at radius 2 is 1.91 bits per heavy atom. The van der Waals surface area contributed by atoms with Gasteiger partial charge < -0.3 is 14.9 Å². The summed E-state index contributed by atoms with van der Waals surface area (Å²) in [5, 5.41) is 0. The third-order valence-electron chi connectivity index (χ3n) is 5.16. The van der Waals surface area contributed by atoms with Crippen molar-refractivity contribution in [3.8, 4) is 5.75 Å². The molecule has 0 radical (unpaired) electrons. The van der Waals surface area contributed by atoms with Gasteiger partial charge >= 0.3 is 5.69 Å². The lowest BCUT2D eigenvalue weighted by Gasteiger charge is -2.24. The summed E-state index contributed by atoms with van der Waals surface area (Å²) >= 11 is 0. The van der Waals surface area contributed by atoms with Crippen molar-refractivity contribution >= 4 is 17.4 Å². The second kappa shape index (κ2) is 10.0. The van der Waals surface area contributed by atoms with Gasteiger partial charge in [-0.25, -0.2) is 4.79 Å². The number of H-pyrrole nitrogens is 1. The first-order valence-electron chi connectivity index (χ1n) is 10.5. The van der Waals surface area contributed by atoms with Crippen LogP contribution in [0.15, 0.2) is 50.6 Å². The number of aromatic nitrogens is 2. The molecule has 0 fully saturated rings. The van der Waals surface area contributed by atoms with E-state index < -0.39 is 17.2 Å². The standard InChI is InChI=1S/C23H28N4O5/c1-4-5-11-26-21(24)19(22(29)25-23(26)30)27(13-17-10-7-12-31-17)18(28)14-32-20-15(2)8-6-9-16(20)3/h6-10,12H,4-5,11,13-14,24H2,1-3H3,(H,25,29,30). The van der Waals surface area contributed by atoms with Gasteiger partial charge in [0, 0.05) is 6.54 Å². The number of hydrogen-bond acceptors (Lipinski definition) is 6. The summed E-state index contributed by atoms with van der Waals surface area (Å²) in [7, 11) is 0. The van der Waals surface area contributed by atoms with Gasteiger partial charge in [-0.2, -0.15) is 0 Å². The van der Waals surface area contributed by atoms with E-state index in [0.29, 0.717) is 24.5 Å². The van der Waals surface area contributed by atoms with Crippen molar-refractivity contribution in [2.24, 2.45) is 0 Å². The number of aromatic amines is 1. The summed E-state index contributed by atoms with van der Waals surface area (Å²) in [6, 6.07) is 9.05. The zero-order valence-electron chi connectivity index (χ0n) is 18.5. The Hall–Kier alpha value is -3.75. The van der Waals surface area contributed by atoms with Crippen molar-refractivity contribution < 1.29 is 13.9 Å². The van der Waals surface area contributed by atoms with Gasteiger partial charge in [0.1, 0.15) is 17.3 Å². The smallest absolute Gasteiger partial charge is 0.330 e. The van der Waals surface area contributed by atoms with Gasteiger partial charge in [0.25, 0.3) is 11.5 Å². The van der Waals surface area contributed by atoms with Gasteiger partial charge in [0.2, 0.25) is 0 Å². The molecule has 0 saturated heterocycles. The van der Waals surface area contributed by atoms with Crippen LogP contribution in [0, 0.1) is 13.8 Å². The number of carbonyl (C=O) groups is 1. The highest BCUT2D eigenvalue weighted by Gasteiger charge is 2.26. The Labute approximate surface area is 185 Å². The summed E-state index contributed by atoms with van der Waals surface area (Å²) in [6.45, 7) is 5.72. The molecule has 170 valence electrons. The average molecular weight is 441 g/mol. The van der Waals surface area contributed by atoms with Crippen molar-refractivity contribution in [2.75, 3.05) is 17.2 Å². The largest absolute Gasteiger partial charge is 0.483 e. The molecular formula is C23H28N4O5. The highest BCUT2D eigenvalue weighted by molar-refractivity contribution is 5.96. The van der Waals surface area contributed by atoms with E-state index in [1.807, 2.05) is 39.0 Å². The van der Waals surface area contributed by atoms with Crippen molar-refractivity contribution in [1.29, 1.82) is 0 Å². The molecule has 9 heteroatoms. The SMILES string of the molecule is CCCCn1c(N)c(N(Cc2ccco2)C(=O)COc2c(C)cccc2C)c(=O)[nH]c1=O. The molecular weight excluding hydrogens is 412 g/mol. The molecule has 0 saturated carbocycles. The maximum atomic E-state index is 13.2. The Kier molecular flexibility index (Phi) is 7.19. The number of nitrogen functional groups attached to an aromatic ring is 1. The van der Waals surface area contributed by atoms with Crippen LogP contribution in [0.1, 0.15) is 36.7 Å². The van der Waals surface area contributed by atoms with Crippen LogP contribution in [0.3, 0.4) is 0 Å². The molecule has 0 atom stereocenters. The first kappa shape index (κ1) is 22.9. The van der Waals surface area contributed by atoms with E-state index in [2.05, 4.69) is 4.98 Å². The minimum absolute atomic E-state index is 0.0405. The van der Waals surface area contributed by atoms with Gasteiger partial charge in [-0.1, -0.05) is 31.5 Å². The van der Waals surface area contributed by atoms with E-state index >= 15 is 0 Å². The number of amides is 1. The zero-order chi connectivity index (χ0) is 23.3. The van der Waals surface area contributed by atoms with E-state index in [9.17, 15) is 14.4 Å². The predicted octanol–water partition coefficient (Wildman–Crippen LogP) is 2.74. The second-order valence-corrected chi connectivity index (χ2v) is 7.57. The van der Waals surface area contributed by atoms with E-state index in [4.69, 9.17) is 14.9 Å². The number of ether oxygens (including phenoxy) is 1. The lowest BCUT2D eigenvalue weighted by atomic mass is 10.1. The maximum Gasteiger partial charge on any atom is 0.330 e. The molecule has 9 nitrogen and oxygen atoms in total. The van der Waals surface area contributed by atoms with Crippen molar-refractivity contribution in [1.82, 2.24) is 9.55 Å². The summed E-state index contributed by atoms with van der Waals surface area (Å²) in [5.41, 5.74) is 6.55. The molecule has 2 heterocycles. The molecule has 0 bridgehead atoms. The number of nitrogens with zero attached hydrogens (tertiary/aromatic N) is 2. The van der Waals surface area contributed by atoms with E-state index in [1.54, 1.807) is 12.1 Å². The van der Waals surface area contributed by atoms with Crippen LogP contribution in [0.25, 0.3) is 0 Å². The average Bonchev–Trinajstić information content (AvgIpc) is 3.25. The zero-order valence-corrected chi connectivity index (χ0v) is 18.5. The highest BCUT2D eigenvalue weighted by Crippen LogP contribution is 2.24. The lowest BCUT2D eigenvalue weighted by molar-refractivity contribution is -0.120. The monoisotopic (exact) mass is 440 g/mol. The number of nitrogens with two attached hydrogens (primary N) is 1. The molecule has 3 aromatic rings. The Bertz CT molecular complexity index is 1170. The molecule has 1 amide bonds. The van der Waals surface area contributed by atoms with Gasteiger partial charge in [0.05, 0.1) is 12.8 Å². The molecule has 32 heavy (non-hydrogen) atoms. The van der Waals surface area contributed by atoms with Crippen molar-refractivity contribution in [3.63, 3.8) is 0 Å². The number of carbonyl (C=O) groups excluding carboxylic acids is 1. The van der Waals surface area contributed by atoms with Crippen molar-refractivity contribution in [2.45, 2.75) is 46.7 Å². The number of rotatable bonds is 9. The van der Waals surface area contributed by atoms with Crippen LogP contribution in [0.4, 0.5) is 11.5 Å². The van der Waals surface area contributed by atoms with Crippen LogP contribution in [-0.2, 0) is 17.9 Å².